The molecule has 0 saturated carbocycles. The molecule has 1 atom stereocenters. The fourth-order valence-electron chi connectivity index (χ4n) is 3.41. The normalized spacial score (nSPS) is 20.4. The van der Waals surface area contributed by atoms with Crippen LogP contribution in [0.25, 0.3) is 5.70 Å². The summed E-state index contributed by atoms with van der Waals surface area (Å²) >= 11 is 0. The molecule has 3 N–H and O–H groups in total. The van der Waals surface area contributed by atoms with Crippen molar-refractivity contribution < 1.29 is 24.1 Å². The van der Waals surface area contributed by atoms with E-state index in [9.17, 15) is 4.79 Å². The summed E-state index contributed by atoms with van der Waals surface area (Å²) in [4.78, 5) is 15.7. The Morgan fingerprint density at radius 1 is 1.20 bits per heavy atom. The molecule has 8 heteroatoms. The van der Waals surface area contributed by atoms with Crippen LogP contribution >= 0.6 is 0 Å². The highest BCUT2D eigenvalue weighted by molar-refractivity contribution is 5.78. The quantitative estimate of drug-likeness (QED) is 0.443. The van der Waals surface area contributed by atoms with E-state index in [1.54, 1.807) is 6.20 Å². The van der Waals surface area contributed by atoms with Crippen molar-refractivity contribution in [3.05, 3.63) is 30.1 Å². The van der Waals surface area contributed by atoms with Crippen LogP contribution in [0.5, 0.6) is 5.75 Å². The summed E-state index contributed by atoms with van der Waals surface area (Å²) in [5.74, 6) is -0.142. The second-order valence-corrected chi connectivity index (χ2v) is 7.89. The monoisotopic (exact) mass is 419 g/mol. The van der Waals surface area contributed by atoms with Gasteiger partial charge in [0.25, 0.3) is 0 Å². The molecule has 0 aromatic carbocycles. The number of hydrogen-bond acceptors (Lipinski definition) is 7. The number of aromatic nitrogens is 1. The topological polar surface area (TPSA) is 102 Å². The van der Waals surface area contributed by atoms with Gasteiger partial charge >= 0.3 is 5.97 Å². The maximum absolute atomic E-state index is 11.2. The van der Waals surface area contributed by atoms with Gasteiger partial charge in [0.15, 0.2) is 0 Å². The lowest BCUT2D eigenvalue weighted by atomic mass is 10.0. The molecule has 0 bridgehead atoms. The van der Waals surface area contributed by atoms with Gasteiger partial charge in [-0.15, -0.1) is 0 Å². The van der Waals surface area contributed by atoms with E-state index < -0.39 is 11.6 Å². The molecule has 8 nitrogen and oxygen atoms in total. The van der Waals surface area contributed by atoms with Crippen molar-refractivity contribution in [2.45, 2.75) is 50.7 Å². The van der Waals surface area contributed by atoms with E-state index in [0.717, 1.165) is 62.3 Å². The van der Waals surface area contributed by atoms with E-state index in [-0.39, 0.29) is 13.2 Å². The first-order valence-electron chi connectivity index (χ1n) is 10.8. The van der Waals surface area contributed by atoms with E-state index in [2.05, 4.69) is 28.6 Å². The van der Waals surface area contributed by atoms with E-state index in [1.807, 2.05) is 12.1 Å². The van der Waals surface area contributed by atoms with Crippen molar-refractivity contribution in [2.75, 3.05) is 39.5 Å². The number of ether oxygens (including phenoxy) is 3. The largest absolute Gasteiger partial charge is 0.492 e. The first-order chi connectivity index (χ1) is 14.6. The Morgan fingerprint density at radius 3 is 2.63 bits per heavy atom. The van der Waals surface area contributed by atoms with Gasteiger partial charge in [0, 0.05) is 25.7 Å². The first kappa shape index (κ1) is 22.5. The Kier molecular flexibility index (Phi) is 8.48. The van der Waals surface area contributed by atoms with Gasteiger partial charge in [0.05, 0.1) is 37.4 Å². The van der Waals surface area contributed by atoms with Crippen LogP contribution in [0, 0.1) is 0 Å². The minimum Gasteiger partial charge on any atom is -0.492 e. The number of pyridine rings is 1. The zero-order valence-corrected chi connectivity index (χ0v) is 17.7. The maximum Gasteiger partial charge on any atom is 0.340 e. The molecule has 1 saturated heterocycles. The lowest BCUT2D eigenvalue weighted by Crippen LogP contribution is -2.58. The number of nitrogens with one attached hydrogen (secondary N) is 2. The molecule has 1 fully saturated rings. The predicted octanol–water partition coefficient (Wildman–Crippen LogP) is 2.20. The van der Waals surface area contributed by atoms with Crippen molar-refractivity contribution in [1.82, 2.24) is 15.6 Å². The van der Waals surface area contributed by atoms with Gasteiger partial charge in [-0.2, -0.15) is 0 Å². The molecular formula is C22H33N3O5. The van der Waals surface area contributed by atoms with Crippen LogP contribution in [-0.2, 0) is 14.3 Å². The molecule has 0 amide bonds. The van der Waals surface area contributed by atoms with Crippen molar-refractivity contribution >= 4 is 11.7 Å². The Balaban J connectivity index is 1.25. The van der Waals surface area contributed by atoms with Crippen LogP contribution in [-0.4, -0.2) is 67.2 Å². The minimum atomic E-state index is -1.10. The summed E-state index contributed by atoms with van der Waals surface area (Å²) in [6.45, 7) is 5.39. The smallest absolute Gasteiger partial charge is 0.340 e. The number of hydrogen-bond donors (Lipinski definition) is 3. The fraction of sp³-hybridized carbons (Fsp3) is 0.636. The summed E-state index contributed by atoms with van der Waals surface area (Å²) in [6, 6.07) is 4.28. The van der Waals surface area contributed by atoms with Crippen molar-refractivity contribution in [2.24, 2.45) is 0 Å². The molecule has 30 heavy (non-hydrogen) atoms. The van der Waals surface area contributed by atoms with Gasteiger partial charge in [-0.1, -0.05) is 19.3 Å². The standard InChI is InChI=1S/C22H33N3O5/c1-17-13-20(24-10-9-23-17)19-8-7-18(14-25-19)29-11-5-3-2-4-6-12-30-22(21(26)27)15-28-16-22/h7-8,13-14,17,23-24H,2-6,9-12,15-16H2,1H3,(H,26,27). The molecule has 0 aliphatic carbocycles. The number of carboxylic acid groups (broad SMARTS) is 1. The van der Waals surface area contributed by atoms with Gasteiger partial charge in [-0.05, 0) is 38.0 Å². The van der Waals surface area contributed by atoms with E-state index in [1.165, 1.54) is 0 Å². The number of carbonyl (C=O) groups is 1. The van der Waals surface area contributed by atoms with Crippen molar-refractivity contribution in [3.63, 3.8) is 0 Å². The summed E-state index contributed by atoms with van der Waals surface area (Å²) in [7, 11) is 0. The molecule has 3 heterocycles. The van der Waals surface area contributed by atoms with Crippen LogP contribution in [0.15, 0.2) is 24.4 Å². The summed E-state index contributed by atoms with van der Waals surface area (Å²) < 4.78 is 16.3. The predicted molar refractivity (Wildman–Crippen MR) is 113 cm³/mol. The third kappa shape index (κ3) is 6.42. The summed E-state index contributed by atoms with van der Waals surface area (Å²) in [5.41, 5.74) is 0.885. The molecule has 166 valence electrons. The van der Waals surface area contributed by atoms with Gasteiger partial charge in [-0.3, -0.25) is 4.98 Å². The van der Waals surface area contributed by atoms with Crippen LogP contribution in [0.3, 0.4) is 0 Å². The Labute approximate surface area is 178 Å². The lowest BCUT2D eigenvalue weighted by Gasteiger charge is -2.36. The van der Waals surface area contributed by atoms with Crippen molar-refractivity contribution in [1.29, 1.82) is 0 Å². The lowest BCUT2D eigenvalue weighted by molar-refractivity contribution is -0.224. The number of unbranched alkanes of at least 4 members (excludes halogenated alkanes) is 4. The highest BCUT2D eigenvalue weighted by Gasteiger charge is 2.47. The maximum atomic E-state index is 11.2. The van der Waals surface area contributed by atoms with E-state index in [0.29, 0.717) is 19.3 Å². The third-order valence-electron chi connectivity index (χ3n) is 5.33. The first-order valence-corrected chi connectivity index (χ1v) is 10.8. The highest BCUT2D eigenvalue weighted by atomic mass is 16.6. The zero-order chi connectivity index (χ0) is 21.2. The van der Waals surface area contributed by atoms with E-state index in [4.69, 9.17) is 19.3 Å². The van der Waals surface area contributed by atoms with Crippen molar-refractivity contribution in [3.8, 4) is 5.75 Å². The number of nitrogens with zero attached hydrogens (tertiary/aromatic N) is 1. The van der Waals surface area contributed by atoms with Crippen LogP contribution in [0.4, 0.5) is 0 Å². The second kappa shape index (κ2) is 11.3. The molecule has 0 spiro atoms. The average molecular weight is 420 g/mol. The Morgan fingerprint density at radius 2 is 1.97 bits per heavy atom. The van der Waals surface area contributed by atoms with Gasteiger partial charge in [-0.25, -0.2) is 4.79 Å². The number of carboxylic acids is 1. The molecule has 0 radical (unpaired) electrons. The molecule has 1 unspecified atom stereocenters. The van der Waals surface area contributed by atoms with E-state index >= 15 is 0 Å². The van der Waals surface area contributed by atoms with Crippen LogP contribution in [0.2, 0.25) is 0 Å². The summed E-state index contributed by atoms with van der Waals surface area (Å²) in [5, 5.41) is 15.9. The minimum absolute atomic E-state index is 0.153. The van der Waals surface area contributed by atoms with Crippen LogP contribution < -0.4 is 15.4 Å². The molecule has 2 aliphatic heterocycles. The third-order valence-corrected chi connectivity index (χ3v) is 5.33. The number of aliphatic carboxylic acids is 1. The van der Waals surface area contributed by atoms with Gasteiger partial charge < -0.3 is 30.0 Å². The Bertz CT molecular complexity index is 703. The highest BCUT2D eigenvalue weighted by Crippen LogP contribution is 2.23. The van der Waals surface area contributed by atoms with Gasteiger partial charge in [0.1, 0.15) is 5.75 Å². The SMILES string of the molecule is CC1C=C(c2ccc(OCCCCCCCOC3(C(=O)O)COC3)cn2)NCCN1. The molecule has 2 aliphatic rings. The Hall–Kier alpha value is -2.16. The summed E-state index contributed by atoms with van der Waals surface area (Å²) in [6.07, 6.45) is 8.93. The molecular weight excluding hydrogens is 386 g/mol. The fourth-order valence-corrected chi connectivity index (χ4v) is 3.41. The molecule has 3 rings (SSSR count). The molecule has 1 aromatic rings. The molecule has 1 aromatic heterocycles. The average Bonchev–Trinajstić information content (AvgIpc) is 2.93. The zero-order valence-electron chi connectivity index (χ0n) is 17.7. The van der Waals surface area contributed by atoms with Gasteiger partial charge in [0.2, 0.25) is 5.60 Å². The number of rotatable bonds is 12. The van der Waals surface area contributed by atoms with Crippen LogP contribution in [0.1, 0.15) is 44.7 Å². The second-order valence-electron chi connectivity index (χ2n) is 7.89.